The summed E-state index contributed by atoms with van der Waals surface area (Å²) < 4.78 is 5.40. The summed E-state index contributed by atoms with van der Waals surface area (Å²) in [6.45, 7) is 0.709. The fraction of sp³-hybridized carbons (Fsp3) is 0.333. The van der Waals surface area contributed by atoms with Crippen LogP contribution in [0, 0.1) is 0 Å². The van der Waals surface area contributed by atoms with Crippen LogP contribution in [0.2, 0.25) is 0 Å². The van der Waals surface area contributed by atoms with Crippen LogP contribution in [0.15, 0.2) is 30.3 Å². The van der Waals surface area contributed by atoms with Crippen molar-refractivity contribution in [3.05, 3.63) is 36.1 Å². The average molecular weight is 192 g/mol. The van der Waals surface area contributed by atoms with E-state index in [9.17, 15) is 0 Å². The van der Waals surface area contributed by atoms with Crippen molar-refractivity contribution in [3.63, 3.8) is 0 Å². The van der Waals surface area contributed by atoms with E-state index in [0.717, 1.165) is 12.2 Å². The van der Waals surface area contributed by atoms with Gasteiger partial charge in [0.1, 0.15) is 11.8 Å². The van der Waals surface area contributed by atoms with E-state index in [-0.39, 0.29) is 6.04 Å². The minimum absolute atomic E-state index is 0.237. The molecular formula is C9H12N4O. The third-order valence-corrected chi connectivity index (χ3v) is 2.03. The van der Waals surface area contributed by atoms with Gasteiger partial charge in [0.2, 0.25) is 0 Å². The van der Waals surface area contributed by atoms with Crippen molar-refractivity contribution in [2.75, 3.05) is 6.61 Å². The first-order valence-corrected chi connectivity index (χ1v) is 4.47. The molecule has 0 bridgehead atoms. The fourth-order valence-electron chi connectivity index (χ4n) is 1.38. The van der Waals surface area contributed by atoms with Crippen LogP contribution in [0.4, 0.5) is 0 Å². The number of hydrogen-bond donors (Lipinski definition) is 2. The Labute approximate surface area is 82.0 Å². The number of hydrogen-bond acceptors (Lipinski definition) is 5. The molecule has 1 aliphatic rings. The van der Waals surface area contributed by atoms with Gasteiger partial charge in [-0.05, 0) is 12.1 Å². The lowest BCUT2D eigenvalue weighted by Gasteiger charge is -2.14. The maximum absolute atomic E-state index is 5.43. The molecule has 1 aliphatic heterocycles. The second kappa shape index (κ2) is 4.17. The van der Waals surface area contributed by atoms with Gasteiger partial charge in [-0.1, -0.05) is 0 Å². The summed E-state index contributed by atoms with van der Waals surface area (Å²) in [5.41, 5.74) is 2.64. The van der Waals surface area contributed by atoms with Gasteiger partial charge >= 0.3 is 0 Å². The topological polar surface area (TPSA) is 73.1 Å². The lowest BCUT2D eigenvalue weighted by Crippen LogP contribution is -2.31. The van der Waals surface area contributed by atoms with Crippen LogP contribution in [0.5, 0.6) is 0 Å². The summed E-state index contributed by atoms with van der Waals surface area (Å²) in [6.07, 6.45) is 6.28. The van der Waals surface area contributed by atoms with Gasteiger partial charge in [-0.2, -0.15) is 0 Å². The van der Waals surface area contributed by atoms with Crippen LogP contribution in [0.25, 0.3) is 0 Å². The third-order valence-electron chi connectivity index (χ3n) is 2.03. The standard InChI is InChI=1S/C9H12N4O/c10-13-8(7-3-1-6-14-7)9-11-4-2-5-12-9/h2-5,8,13H,1,6,10H2. The first-order valence-electron chi connectivity index (χ1n) is 4.47. The van der Waals surface area contributed by atoms with Crippen molar-refractivity contribution >= 4 is 0 Å². The molecule has 0 aromatic carbocycles. The van der Waals surface area contributed by atoms with Gasteiger partial charge in [-0.15, -0.1) is 0 Å². The van der Waals surface area contributed by atoms with Gasteiger partial charge in [0.05, 0.1) is 6.61 Å². The Balaban J connectivity index is 2.21. The Bertz CT molecular complexity index is 325. The maximum atomic E-state index is 5.43. The minimum atomic E-state index is -0.237. The number of nitrogens with zero attached hydrogens (tertiary/aromatic N) is 2. The average Bonchev–Trinajstić information content (AvgIpc) is 2.74. The molecule has 1 unspecified atom stereocenters. The molecule has 0 spiro atoms. The summed E-state index contributed by atoms with van der Waals surface area (Å²) in [6, 6.07) is 1.53. The summed E-state index contributed by atoms with van der Waals surface area (Å²) >= 11 is 0. The van der Waals surface area contributed by atoms with E-state index >= 15 is 0 Å². The van der Waals surface area contributed by atoms with Crippen molar-refractivity contribution in [2.45, 2.75) is 12.5 Å². The highest BCUT2D eigenvalue weighted by molar-refractivity contribution is 5.14. The minimum Gasteiger partial charge on any atom is -0.496 e. The molecule has 1 aromatic rings. The predicted octanol–water partition coefficient (Wildman–Crippen LogP) is 0.285. The maximum Gasteiger partial charge on any atom is 0.154 e. The smallest absolute Gasteiger partial charge is 0.154 e. The van der Waals surface area contributed by atoms with Crippen molar-refractivity contribution in [3.8, 4) is 0 Å². The van der Waals surface area contributed by atoms with Gasteiger partial charge in [0.25, 0.3) is 0 Å². The molecule has 0 saturated carbocycles. The second-order valence-electron chi connectivity index (χ2n) is 2.95. The van der Waals surface area contributed by atoms with E-state index in [4.69, 9.17) is 10.6 Å². The number of nitrogens with two attached hydrogens (primary N) is 1. The largest absolute Gasteiger partial charge is 0.496 e. The SMILES string of the molecule is NNC(C1=CCCO1)c1ncccn1. The van der Waals surface area contributed by atoms with Crippen LogP contribution < -0.4 is 11.3 Å². The fourth-order valence-corrected chi connectivity index (χ4v) is 1.38. The van der Waals surface area contributed by atoms with E-state index in [1.54, 1.807) is 18.5 Å². The summed E-state index contributed by atoms with van der Waals surface area (Å²) in [5.74, 6) is 6.87. The molecule has 3 N–H and O–H groups in total. The Morgan fingerprint density at radius 1 is 1.43 bits per heavy atom. The number of aromatic nitrogens is 2. The molecular weight excluding hydrogens is 180 g/mol. The van der Waals surface area contributed by atoms with Crippen LogP contribution in [0.1, 0.15) is 18.3 Å². The third kappa shape index (κ3) is 1.73. The molecule has 1 atom stereocenters. The lowest BCUT2D eigenvalue weighted by molar-refractivity contribution is 0.213. The Morgan fingerprint density at radius 2 is 2.21 bits per heavy atom. The molecule has 0 fully saturated rings. The number of ether oxygens (including phenoxy) is 1. The number of hydrazine groups is 1. The molecule has 2 rings (SSSR count). The van der Waals surface area contributed by atoms with Crippen LogP contribution in [-0.2, 0) is 4.74 Å². The van der Waals surface area contributed by atoms with Crippen molar-refractivity contribution < 1.29 is 4.74 Å². The molecule has 74 valence electrons. The number of rotatable bonds is 3. The zero-order valence-corrected chi connectivity index (χ0v) is 7.68. The molecule has 5 heteroatoms. The molecule has 14 heavy (non-hydrogen) atoms. The van der Waals surface area contributed by atoms with Crippen LogP contribution >= 0.6 is 0 Å². The molecule has 0 amide bonds. The first kappa shape index (κ1) is 9.11. The molecule has 2 heterocycles. The van der Waals surface area contributed by atoms with Crippen LogP contribution in [-0.4, -0.2) is 16.6 Å². The highest BCUT2D eigenvalue weighted by atomic mass is 16.5. The molecule has 0 saturated heterocycles. The predicted molar refractivity (Wildman–Crippen MR) is 50.7 cm³/mol. The highest BCUT2D eigenvalue weighted by Gasteiger charge is 2.21. The lowest BCUT2D eigenvalue weighted by atomic mass is 10.2. The van der Waals surface area contributed by atoms with Crippen molar-refractivity contribution in [1.82, 2.24) is 15.4 Å². The van der Waals surface area contributed by atoms with E-state index < -0.39 is 0 Å². The Morgan fingerprint density at radius 3 is 2.79 bits per heavy atom. The van der Waals surface area contributed by atoms with Gasteiger partial charge in [-0.3, -0.25) is 5.84 Å². The Hall–Kier alpha value is -1.46. The summed E-state index contributed by atoms with van der Waals surface area (Å²) in [4.78, 5) is 8.24. The van der Waals surface area contributed by atoms with Gasteiger partial charge in [0, 0.05) is 18.8 Å². The van der Waals surface area contributed by atoms with Gasteiger partial charge in [-0.25, -0.2) is 15.4 Å². The van der Waals surface area contributed by atoms with Gasteiger partial charge in [0.15, 0.2) is 5.82 Å². The first-order chi connectivity index (χ1) is 6.92. The van der Waals surface area contributed by atoms with Crippen molar-refractivity contribution in [2.24, 2.45) is 5.84 Å². The summed E-state index contributed by atoms with van der Waals surface area (Å²) in [5, 5.41) is 0. The second-order valence-corrected chi connectivity index (χ2v) is 2.95. The highest BCUT2D eigenvalue weighted by Crippen LogP contribution is 2.22. The molecule has 0 aliphatic carbocycles. The zero-order valence-electron chi connectivity index (χ0n) is 7.68. The monoisotopic (exact) mass is 192 g/mol. The summed E-state index contributed by atoms with van der Waals surface area (Å²) in [7, 11) is 0. The molecule has 5 nitrogen and oxygen atoms in total. The Kier molecular flexibility index (Phi) is 2.71. The molecule has 1 aromatic heterocycles. The van der Waals surface area contributed by atoms with Crippen molar-refractivity contribution in [1.29, 1.82) is 0 Å². The number of nitrogens with one attached hydrogen (secondary N) is 1. The van der Waals surface area contributed by atoms with E-state index in [1.165, 1.54) is 0 Å². The van der Waals surface area contributed by atoms with E-state index in [0.29, 0.717) is 12.4 Å². The zero-order chi connectivity index (χ0) is 9.80. The van der Waals surface area contributed by atoms with E-state index in [1.807, 2.05) is 6.08 Å². The van der Waals surface area contributed by atoms with Gasteiger partial charge < -0.3 is 4.74 Å². The normalized spacial score (nSPS) is 17.4. The van der Waals surface area contributed by atoms with E-state index in [2.05, 4.69) is 15.4 Å². The quantitative estimate of drug-likeness (QED) is 0.531. The van der Waals surface area contributed by atoms with Crippen LogP contribution in [0.3, 0.4) is 0 Å². The molecule has 0 radical (unpaired) electrons.